The van der Waals surface area contributed by atoms with Gasteiger partial charge < -0.3 is 11.1 Å². The van der Waals surface area contributed by atoms with Gasteiger partial charge in [0.05, 0.1) is 22.3 Å². The monoisotopic (exact) mass is 274 g/mol. The van der Waals surface area contributed by atoms with Gasteiger partial charge in [0.2, 0.25) is 0 Å². The lowest BCUT2D eigenvalue weighted by Gasteiger charge is -2.08. The highest BCUT2D eigenvalue weighted by Gasteiger charge is 2.09. The second kappa shape index (κ2) is 4.40. The summed E-state index contributed by atoms with van der Waals surface area (Å²) < 4.78 is 1.68. The highest BCUT2D eigenvalue weighted by molar-refractivity contribution is 6.33. The first-order chi connectivity index (χ1) is 9.15. The fraction of sp³-hybridized carbons (Fsp3) is 0.0833. The third-order valence-electron chi connectivity index (χ3n) is 2.77. The van der Waals surface area contributed by atoms with Gasteiger partial charge in [-0.05, 0) is 18.2 Å². The summed E-state index contributed by atoms with van der Waals surface area (Å²) in [5.41, 5.74) is 7.83. The number of nitrogen functional groups attached to an aromatic ring is 1. The summed E-state index contributed by atoms with van der Waals surface area (Å²) in [6.07, 6.45) is 3.18. The zero-order chi connectivity index (χ0) is 13.4. The van der Waals surface area contributed by atoms with Crippen molar-refractivity contribution in [3.05, 3.63) is 35.7 Å². The van der Waals surface area contributed by atoms with Crippen LogP contribution in [0.25, 0.3) is 11.0 Å². The fourth-order valence-electron chi connectivity index (χ4n) is 1.83. The zero-order valence-corrected chi connectivity index (χ0v) is 10.9. The van der Waals surface area contributed by atoms with Crippen molar-refractivity contribution < 1.29 is 0 Å². The molecule has 0 amide bonds. The van der Waals surface area contributed by atoms with Crippen LogP contribution in [-0.2, 0) is 7.05 Å². The highest BCUT2D eigenvalue weighted by Crippen LogP contribution is 2.29. The SMILES string of the molecule is Cn1ncc2c(Nc3cc(N)ccc3Cl)ncnc21. The molecule has 0 saturated carbocycles. The Balaban J connectivity index is 2.08. The number of anilines is 3. The van der Waals surface area contributed by atoms with E-state index in [4.69, 9.17) is 17.3 Å². The predicted molar refractivity (Wildman–Crippen MR) is 75.5 cm³/mol. The van der Waals surface area contributed by atoms with Crippen LogP contribution < -0.4 is 11.1 Å². The summed E-state index contributed by atoms with van der Waals surface area (Å²) in [5.74, 6) is 0.644. The van der Waals surface area contributed by atoms with Crippen molar-refractivity contribution in [3.8, 4) is 0 Å². The molecule has 96 valence electrons. The molecule has 0 fully saturated rings. The molecule has 7 heteroatoms. The lowest BCUT2D eigenvalue weighted by molar-refractivity contribution is 0.785. The minimum Gasteiger partial charge on any atom is -0.399 e. The third-order valence-corrected chi connectivity index (χ3v) is 3.10. The molecule has 0 aliphatic rings. The third kappa shape index (κ3) is 2.06. The molecule has 3 aromatic rings. The van der Waals surface area contributed by atoms with Crippen molar-refractivity contribution in [2.45, 2.75) is 0 Å². The van der Waals surface area contributed by atoms with E-state index in [0.29, 0.717) is 22.2 Å². The van der Waals surface area contributed by atoms with E-state index in [1.807, 2.05) is 7.05 Å². The molecule has 0 saturated heterocycles. The number of aromatic nitrogens is 4. The molecule has 0 atom stereocenters. The van der Waals surface area contributed by atoms with E-state index < -0.39 is 0 Å². The maximum absolute atomic E-state index is 6.12. The van der Waals surface area contributed by atoms with Gasteiger partial charge in [-0.15, -0.1) is 0 Å². The van der Waals surface area contributed by atoms with E-state index in [9.17, 15) is 0 Å². The van der Waals surface area contributed by atoms with Crippen LogP contribution in [0.4, 0.5) is 17.2 Å². The number of halogens is 1. The molecule has 6 nitrogen and oxygen atoms in total. The Bertz CT molecular complexity index is 751. The summed E-state index contributed by atoms with van der Waals surface area (Å²) >= 11 is 6.12. The number of rotatable bonds is 2. The standard InChI is InChI=1S/C12H11ClN6/c1-19-12-8(5-17-19)11(15-6-16-12)18-10-4-7(14)2-3-9(10)13/h2-6H,14H2,1H3,(H,15,16,18). The highest BCUT2D eigenvalue weighted by atomic mass is 35.5. The van der Waals surface area contributed by atoms with E-state index in [1.165, 1.54) is 6.33 Å². The van der Waals surface area contributed by atoms with Gasteiger partial charge in [0.1, 0.15) is 12.1 Å². The maximum atomic E-state index is 6.12. The van der Waals surface area contributed by atoms with Gasteiger partial charge in [-0.2, -0.15) is 5.10 Å². The van der Waals surface area contributed by atoms with E-state index in [0.717, 1.165) is 11.0 Å². The fourth-order valence-corrected chi connectivity index (χ4v) is 1.99. The molecular weight excluding hydrogens is 264 g/mol. The normalized spacial score (nSPS) is 10.8. The minimum atomic E-state index is 0.574. The Morgan fingerprint density at radius 1 is 1.32 bits per heavy atom. The molecule has 19 heavy (non-hydrogen) atoms. The molecule has 1 aromatic carbocycles. The minimum absolute atomic E-state index is 0.574. The van der Waals surface area contributed by atoms with Crippen LogP contribution >= 0.6 is 11.6 Å². The molecule has 2 aromatic heterocycles. The lowest BCUT2D eigenvalue weighted by Crippen LogP contribution is -1.98. The second-order valence-corrected chi connectivity index (χ2v) is 4.50. The molecule has 0 spiro atoms. The summed E-state index contributed by atoms with van der Waals surface area (Å²) in [6.45, 7) is 0. The topological polar surface area (TPSA) is 81.7 Å². The Morgan fingerprint density at radius 2 is 2.16 bits per heavy atom. The van der Waals surface area contributed by atoms with Gasteiger partial charge in [-0.25, -0.2) is 9.97 Å². The molecule has 2 heterocycles. The molecule has 0 aliphatic heterocycles. The molecule has 3 N–H and O–H groups in total. The molecule has 0 radical (unpaired) electrons. The molecule has 0 unspecified atom stereocenters. The van der Waals surface area contributed by atoms with Crippen LogP contribution in [0.2, 0.25) is 5.02 Å². The van der Waals surface area contributed by atoms with Crippen molar-refractivity contribution >= 4 is 39.8 Å². The maximum Gasteiger partial charge on any atom is 0.163 e. The molecule has 0 bridgehead atoms. The van der Waals surface area contributed by atoms with Crippen molar-refractivity contribution in [3.63, 3.8) is 0 Å². The van der Waals surface area contributed by atoms with Crippen molar-refractivity contribution in [2.24, 2.45) is 7.05 Å². The van der Waals surface area contributed by atoms with E-state index in [1.54, 1.807) is 29.1 Å². The van der Waals surface area contributed by atoms with Gasteiger partial charge in [-0.3, -0.25) is 4.68 Å². The number of nitrogens with one attached hydrogen (secondary N) is 1. The molecular formula is C12H11ClN6. The first-order valence-electron chi connectivity index (χ1n) is 5.60. The Hall–Kier alpha value is -2.34. The molecule has 3 rings (SSSR count). The van der Waals surface area contributed by atoms with Crippen LogP contribution in [0.15, 0.2) is 30.7 Å². The average Bonchev–Trinajstić information content (AvgIpc) is 2.77. The van der Waals surface area contributed by atoms with Crippen molar-refractivity contribution in [1.29, 1.82) is 0 Å². The van der Waals surface area contributed by atoms with Crippen LogP contribution in [0.5, 0.6) is 0 Å². The van der Waals surface area contributed by atoms with Gasteiger partial charge in [0, 0.05) is 12.7 Å². The Kier molecular flexibility index (Phi) is 2.72. The number of hydrogen-bond acceptors (Lipinski definition) is 5. The van der Waals surface area contributed by atoms with Crippen molar-refractivity contribution in [1.82, 2.24) is 19.7 Å². The van der Waals surface area contributed by atoms with Crippen LogP contribution in [0, 0.1) is 0 Å². The van der Waals surface area contributed by atoms with Crippen LogP contribution in [0.1, 0.15) is 0 Å². The van der Waals surface area contributed by atoms with Crippen molar-refractivity contribution in [2.75, 3.05) is 11.1 Å². The number of nitrogens with zero attached hydrogens (tertiary/aromatic N) is 4. The van der Waals surface area contributed by atoms with Gasteiger partial charge >= 0.3 is 0 Å². The number of aryl methyl sites for hydroxylation is 1. The number of benzene rings is 1. The van der Waals surface area contributed by atoms with E-state index in [-0.39, 0.29) is 0 Å². The first kappa shape index (κ1) is 11.7. The number of nitrogens with two attached hydrogens (primary N) is 1. The Morgan fingerprint density at radius 3 is 3.00 bits per heavy atom. The summed E-state index contributed by atoms with van der Waals surface area (Å²) in [6, 6.07) is 5.24. The quantitative estimate of drug-likeness (QED) is 0.701. The van der Waals surface area contributed by atoms with Gasteiger partial charge in [0.15, 0.2) is 5.65 Å². The van der Waals surface area contributed by atoms with E-state index in [2.05, 4.69) is 20.4 Å². The summed E-state index contributed by atoms with van der Waals surface area (Å²) in [4.78, 5) is 8.39. The lowest BCUT2D eigenvalue weighted by atomic mass is 10.2. The molecule has 0 aliphatic carbocycles. The Labute approximate surface area is 114 Å². The van der Waals surface area contributed by atoms with E-state index >= 15 is 0 Å². The smallest absolute Gasteiger partial charge is 0.163 e. The summed E-state index contributed by atoms with van der Waals surface area (Å²) in [7, 11) is 1.83. The zero-order valence-electron chi connectivity index (χ0n) is 10.1. The predicted octanol–water partition coefficient (Wildman–Crippen LogP) is 2.34. The van der Waals surface area contributed by atoms with Gasteiger partial charge in [-0.1, -0.05) is 11.6 Å². The van der Waals surface area contributed by atoms with Crippen LogP contribution in [-0.4, -0.2) is 19.7 Å². The summed E-state index contributed by atoms with van der Waals surface area (Å²) in [5, 5.41) is 8.70. The largest absolute Gasteiger partial charge is 0.399 e. The first-order valence-corrected chi connectivity index (χ1v) is 5.97. The van der Waals surface area contributed by atoms with Crippen LogP contribution in [0.3, 0.4) is 0 Å². The second-order valence-electron chi connectivity index (χ2n) is 4.09. The number of hydrogen-bond donors (Lipinski definition) is 2. The average molecular weight is 275 g/mol. The van der Waals surface area contributed by atoms with Gasteiger partial charge in [0.25, 0.3) is 0 Å². The number of fused-ring (bicyclic) bond motifs is 1.